The molecule has 1 aromatic carbocycles. The van der Waals surface area contributed by atoms with Crippen molar-refractivity contribution in [1.29, 1.82) is 0 Å². The van der Waals surface area contributed by atoms with Crippen molar-refractivity contribution < 1.29 is 18.3 Å². The number of benzene rings is 1. The summed E-state index contributed by atoms with van der Waals surface area (Å²) in [6.45, 7) is 7.31. The average Bonchev–Trinajstić information content (AvgIpc) is 3.29. The number of ketones is 1. The Morgan fingerprint density at radius 3 is 2.62 bits per heavy atom. The van der Waals surface area contributed by atoms with Crippen LogP contribution in [0.1, 0.15) is 64.5 Å². The van der Waals surface area contributed by atoms with Crippen LogP contribution in [0, 0.1) is 6.57 Å². The Hall–Kier alpha value is -2.84. The number of allylic oxidation sites excluding steroid dienone is 2. The molecule has 1 aliphatic heterocycles. The standard InChI is InChI=1S/C22H25N5O4S/c1-23-21-12-24-22(27-21)20(29)8-15-7-16(13-28)19(17-10-25-32(30,31)26-11-17)9-18(15)14-5-3-2-4-6-14/h5,7,9,12,17,25-26,28H,2-4,6,8,10-11,13H2,(H,24,27). The number of rotatable bonds is 6. The Labute approximate surface area is 187 Å². The van der Waals surface area contributed by atoms with Gasteiger partial charge >= 0.3 is 0 Å². The number of carbonyl (C=O) groups excluding carboxylic acids is 1. The molecule has 2 aromatic rings. The maximum Gasteiger partial charge on any atom is 0.276 e. The Balaban J connectivity index is 1.72. The molecule has 4 N–H and O–H groups in total. The van der Waals surface area contributed by atoms with Crippen LogP contribution in [0.25, 0.3) is 10.4 Å². The molecule has 2 aliphatic rings. The highest BCUT2D eigenvalue weighted by molar-refractivity contribution is 7.87. The molecule has 1 fully saturated rings. The van der Waals surface area contributed by atoms with Crippen molar-refractivity contribution in [3.05, 3.63) is 63.9 Å². The summed E-state index contributed by atoms with van der Waals surface area (Å²) in [6.07, 6.45) is 7.67. The quantitative estimate of drug-likeness (QED) is 0.393. The van der Waals surface area contributed by atoms with Crippen molar-refractivity contribution in [2.45, 2.75) is 44.6 Å². The molecule has 0 amide bonds. The van der Waals surface area contributed by atoms with Crippen molar-refractivity contribution in [3.63, 3.8) is 0 Å². The van der Waals surface area contributed by atoms with Crippen molar-refractivity contribution in [2.75, 3.05) is 13.1 Å². The molecule has 0 radical (unpaired) electrons. The molecule has 9 nitrogen and oxygen atoms in total. The van der Waals surface area contributed by atoms with Gasteiger partial charge < -0.3 is 9.95 Å². The van der Waals surface area contributed by atoms with Crippen LogP contribution in [0.3, 0.4) is 0 Å². The van der Waals surface area contributed by atoms with Gasteiger partial charge in [0.25, 0.3) is 10.2 Å². The second-order valence-electron chi connectivity index (χ2n) is 8.07. The largest absolute Gasteiger partial charge is 0.392 e. The third-order valence-electron chi connectivity index (χ3n) is 5.95. The number of H-pyrrole nitrogens is 1. The van der Waals surface area contributed by atoms with Gasteiger partial charge in [0, 0.05) is 25.4 Å². The van der Waals surface area contributed by atoms with Crippen molar-refractivity contribution in [2.24, 2.45) is 0 Å². The predicted molar refractivity (Wildman–Crippen MR) is 119 cm³/mol. The van der Waals surface area contributed by atoms with Gasteiger partial charge in [-0.3, -0.25) is 9.78 Å². The summed E-state index contributed by atoms with van der Waals surface area (Å²) >= 11 is 0. The minimum Gasteiger partial charge on any atom is -0.392 e. The number of aromatic amines is 1. The number of nitrogens with zero attached hydrogens (tertiary/aromatic N) is 2. The monoisotopic (exact) mass is 455 g/mol. The lowest BCUT2D eigenvalue weighted by Crippen LogP contribution is -2.47. The fraction of sp³-hybridized carbons (Fsp3) is 0.409. The number of hydrogen-bond acceptors (Lipinski definition) is 5. The molecule has 2 heterocycles. The summed E-state index contributed by atoms with van der Waals surface area (Å²) in [6, 6.07) is 3.85. The molecular formula is C22H25N5O4S. The molecule has 1 aliphatic carbocycles. The Morgan fingerprint density at radius 1 is 1.22 bits per heavy atom. The van der Waals surface area contributed by atoms with E-state index in [4.69, 9.17) is 6.57 Å². The lowest BCUT2D eigenvalue weighted by molar-refractivity contribution is 0.0984. The summed E-state index contributed by atoms with van der Waals surface area (Å²) in [4.78, 5) is 22.9. The van der Waals surface area contributed by atoms with Gasteiger partial charge in [0.2, 0.25) is 17.4 Å². The highest BCUT2D eigenvalue weighted by atomic mass is 32.2. The van der Waals surface area contributed by atoms with Crippen LogP contribution in [0.5, 0.6) is 0 Å². The normalized spacial score (nSPS) is 18.7. The van der Waals surface area contributed by atoms with E-state index in [0.717, 1.165) is 47.9 Å². The van der Waals surface area contributed by atoms with Crippen LogP contribution in [-0.4, -0.2) is 42.4 Å². The smallest absolute Gasteiger partial charge is 0.276 e. The summed E-state index contributed by atoms with van der Waals surface area (Å²) in [5, 5.41) is 10.1. The lowest BCUT2D eigenvalue weighted by Gasteiger charge is -2.27. The van der Waals surface area contributed by atoms with Crippen LogP contribution in [-0.2, 0) is 23.2 Å². The van der Waals surface area contributed by atoms with Gasteiger partial charge in [0.05, 0.1) is 12.8 Å². The van der Waals surface area contributed by atoms with Gasteiger partial charge in [-0.25, -0.2) is 14.4 Å². The number of aliphatic hydroxyl groups is 1. The first kappa shape index (κ1) is 22.4. The number of aliphatic hydroxyl groups excluding tert-OH is 1. The molecule has 168 valence electrons. The van der Waals surface area contributed by atoms with Crippen LogP contribution >= 0.6 is 0 Å². The van der Waals surface area contributed by atoms with E-state index in [1.165, 1.54) is 6.20 Å². The van der Waals surface area contributed by atoms with Crippen LogP contribution in [0.15, 0.2) is 24.4 Å². The van der Waals surface area contributed by atoms with Gasteiger partial charge in [0.15, 0.2) is 0 Å². The number of Topliss-reactive ketones (excluding diaryl/α,β-unsaturated/α-hetero) is 1. The minimum absolute atomic E-state index is 0.0838. The zero-order valence-corrected chi connectivity index (χ0v) is 18.3. The SMILES string of the molecule is [C-]#[N+]c1cnc(C(=O)Cc2cc(CO)c(C3CNS(=O)(=O)NC3)cc2C2=CCCCC2)[nH]1. The van der Waals surface area contributed by atoms with E-state index in [2.05, 4.69) is 30.3 Å². The van der Waals surface area contributed by atoms with Crippen molar-refractivity contribution >= 4 is 27.4 Å². The zero-order chi connectivity index (χ0) is 22.7. The molecule has 10 heteroatoms. The molecule has 0 atom stereocenters. The summed E-state index contributed by atoms with van der Waals surface area (Å²) in [7, 11) is -3.48. The van der Waals surface area contributed by atoms with E-state index in [0.29, 0.717) is 5.56 Å². The predicted octanol–water partition coefficient (Wildman–Crippen LogP) is 2.36. The molecule has 0 bridgehead atoms. The summed E-state index contributed by atoms with van der Waals surface area (Å²) < 4.78 is 28.4. The van der Waals surface area contributed by atoms with Gasteiger partial charge in [-0.05, 0) is 53.5 Å². The van der Waals surface area contributed by atoms with Gasteiger partial charge in [-0.1, -0.05) is 24.8 Å². The Bertz CT molecular complexity index is 1200. The summed E-state index contributed by atoms with van der Waals surface area (Å²) in [5.74, 6) is -0.0248. The van der Waals surface area contributed by atoms with E-state index < -0.39 is 10.2 Å². The Morgan fingerprint density at radius 2 is 2.00 bits per heavy atom. The highest BCUT2D eigenvalue weighted by Gasteiger charge is 2.27. The van der Waals surface area contributed by atoms with Gasteiger partial charge in [0.1, 0.15) is 0 Å². The van der Waals surface area contributed by atoms with Gasteiger partial charge in [-0.15, -0.1) is 0 Å². The second-order valence-corrected chi connectivity index (χ2v) is 9.65. The molecule has 32 heavy (non-hydrogen) atoms. The van der Waals surface area contributed by atoms with Crippen LogP contribution in [0.2, 0.25) is 0 Å². The van der Waals surface area contributed by atoms with Crippen LogP contribution in [0.4, 0.5) is 5.82 Å². The summed E-state index contributed by atoms with van der Waals surface area (Å²) in [5.41, 5.74) is 4.45. The average molecular weight is 456 g/mol. The van der Waals surface area contributed by atoms with E-state index in [1.54, 1.807) is 0 Å². The van der Waals surface area contributed by atoms with Crippen molar-refractivity contribution in [3.8, 4) is 0 Å². The number of imidazole rings is 1. The molecule has 0 unspecified atom stereocenters. The van der Waals surface area contributed by atoms with Gasteiger partial charge in [-0.2, -0.15) is 8.42 Å². The van der Waals surface area contributed by atoms with E-state index in [-0.39, 0.29) is 49.5 Å². The first-order valence-corrected chi connectivity index (χ1v) is 12.0. The fourth-order valence-corrected chi connectivity index (χ4v) is 5.23. The molecular weight excluding hydrogens is 430 g/mol. The lowest BCUT2D eigenvalue weighted by atomic mass is 9.83. The molecule has 4 rings (SSSR count). The molecule has 0 spiro atoms. The third kappa shape index (κ3) is 4.81. The van der Waals surface area contributed by atoms with E-state index in [9.17, 15) is 18.3 Å². The van der Waals surface area contributed by atoms with E-state index in [1.807, 2.05) is 12.1 Å². The number of nitrogens with one attached hydrogen (secondary N) is 3. The number of hydrogen-bond donors (Lipinski definition) is 4. The maximum absolute atomic E-state index is 12.9. The second kappa shape index (κ2) is 9.34. The molecule has 1 aromatic heterocycles. The van der Waals surface area contributed by atoms with Crippen molar-refractivity contribution in [1.82, 2.24) is 19.4 Å². The van der Waals surface area contributed by atoms with E-state index >= 15 is 0 Å². The molecule has 0 saturated carbocycles. The first-order chi connectivity index (χ1) is 15.4. The maximum atomic E-state index is 12.9. The number of aromatic nitrogens is 2. The van der Waals surface area contributed by atoms with Crippen LogP contribution < -0.4 is 9.44 Å². The topological polar surface area (TPSA) is 129 Å². The highest BCUT2D eigenvalue weighted by Crippen LogP contribution is 2.34. The zero-order valence-electron chi connectivity index (χ0n) is 17.5. The first-order valence-electron chi connectivity index (χ1n) is 10.6. The number of carbonyl (C=O) groups is 1. The molecule has 1 saturated heterocycles. The fourth-order valence-electron chi connectivity index (χ4n) is 4.29. The third-order valence-corrected chi connectivity index (χ3v) is 7.04. The Kier molecular flexibility index (Phi) is 6.53. The minimum atomic E-state index is -3.48.